The molecule has 1 atom stereocenters. The van der Waals surface area contributed by atoms with Gasteiger partial charge in [0.2, 0.25) is 11.8 Å². The average Bonchev–Trinajstić information content (AvgIpc) is 2.99. The van der Waals surface area contributed by atoms with E-state index in [-0.39, 0.29) is 18.0 Å². The molecule has 2 saturated heterocycles. The molecule has 2 N–H and O–H groups in total. The molecule has 2 aromatic rings. The van der Waals surface area contributed by atoms with Crippen LogP contribution in [0, 0.1) is 0 Å². The van der Waals surface area contributed by atoms with E-state index in [1.54, 1.807) is 16.2 Å². The standard InChI is InChI=1S/C22H31N5O3/c1-23-10-3-11-26-12-8-15(9-13-26)16-4-5-17-19(14-16)25(2)22(30)27(17)18-6-7-20(28)24-21(18)29/h4-5,14-15,18,23H,3,6-13H2,1-2H3,(H,24,28,29). The maximum Gasteiger partial charge on any atom is 0.329 e. The van der Waals surface area contributed by atoms with Gasteiger partial charge in [0, 0.05) is 13.5 Å². The number of piperidine rings is 2. The number of carbonyl (C=O) groups is 2. The van der Waals surface area contributed by atoms with Gasteiger partial charge >= 0.3 is 5.69 Å². The molecule has 0 bridgehead atoms. The third-order valence-electron chi connectivity index (χ3n) is 6.60. The Kier molecular flexibility index (Phi) is 6.06. The van der Waals surface area contributed by atoms with Crippen LogP contribution in [0.4, 0.5) is 0 Å². The Morgan fingerprint density at radius 1 is 1.10 bits per heavy atom. The van der Waals surface area contributed by atoms with Crippen LogP contribution < -0.4 is 16.3 Å². The highest BCUT2D eigenvalue weighted by molar-refractivity contribution is 6.00. The van der Waals surface area contributed by atoms with Crippen molar-refractivity contribution in [1.82, 2.24) is 24.7 Å². The number of hydrogen-bond acceptors (Lipinski definition) is 5. The van der Waals surface area contributed by atoms with E-state index >= 15 is 0 Å². The van der Waals surface area contributed by atoms with Gasteiger partial charge in [-0.3, -0.25) is 24.0 Å². The molecule has 8 heteroatoms. The first-order valence-corrected chi connectivity index (χ1v) is 10.9. The fraction of sp³-hybridized carbons (Fsp3) is 0.591. The lowest BCUT2D eigenvalue weighted by Crippen LogP contribution is -2.44. The number of rotatable bonds is 6. The third kappa shape index (κ3) is 3.94. The Morgan fingerprint density at radius 3 is 2.57 bits per heavy atom. The SMILES string of the molecule is CNCCCN1CCC(c2ccc3c(c2)n(C)c(=O)n3C2CCC(=O)NC2=O)CC1. The number of carbonyl (C=O) groups excluding carboxylic acids is 2. The molecule has 2 amide bonds. The van der Waals surface area contributed by atoms with E-state index in [9.17, 15) is 14.4 Å². The number of nitrogens with one attached hydrogen (secondary N) is 2. The minimum atomic E-state index is -0.634. The van der Waals surface area contributed by atoms with Gasteiger partial charge in [-0.2, -0.15) is 0 Å². The summed E-state index contributed by atoms with van der Waals surface area (Å²) < 4.78 is 3.17. The lowest BCUT2D eigenvalue weighted by Gasteiger charge is -2.32. The largest absolute Gasteiger partial charge is 0.329 e. The average molecular weight is 414 g/mol. The molecule has 1 unspecified atom stereocenters. The summed E-state index contributed by atoms with van der Waals surface area (Å²) in [6.07, 6.45) is 4.02. The Bertz CT molecular complexity index is 1000. The molecule has 0 spiro atoms. The van der Waals surface area contributed by atoms with E-state index in [1.165, 1.54) is 12.0 Å². The second-order valence-corrected chi connectivity index (χ2v) is 8.50. The topological polar surface area (TPSA) is 88.4 Å². The highest BCUT2D eigenvalue weighted by Crippen LogP contribution is 2.31. The van der Waals surface area contributed by atoms with Gasteiger partial charge in [0.1, 0.15) is 6.04 Å². The zero-order valence-corrected chi connectivity index (χ0v) is 17.8. The highest BCUT2D eigenvalue weighted by atomic mass is 16.2. The van der Waals surface area contributed by atoms with Crippen LogP contribution in [-0.2, 0) is 16.6 Å². The molecular weight excluding hydrogens is 382 g/mol. The van der Waals surface area contributed by atoms with Gasteiger partial charge in [-0.25, -0.2) is 4.79 Å². The van der Waals surface area contributed by atoms with Crippen molar-refractivity contribution in [3.63, 3.8) is 0 Å². The maximum absolute atomic E-state index is 12.9. The summed E-state index contributed by atoms with van der Waals surface area (Å²) >= 11 is 0. The van der Waals surface area contributed by atoms with Crippen molar-refractivity contribution in [2.75, 3.05) is 33.2 Å². The normalized spacial score (nSPS) is 21.3. The molecular formula is C22H31N5O3. The number of benzene rings is 1. The fourth-order valence-corrected chi connectivity index (χ4v) is 4.83. The van der Waals surface area contributed by atoms with Crippen LogP contribution in [-0.4, -0.2) is 59.1 Å². The molecule has 8 nitrogen and oxygen atoms in total. The second kappa shape index (κ2) is 8.73. The number of fused-ring (bicyclic) bond motifs is 1. The van der Waals surface area contributed by atoms with Crippen LogP contribution in [0.25, 0.3) is 11.0 Å². The third-order valence-corrected chi connectivity index (χ3v) is 6.60. The van der Waals surface area contributed by atoms with E-state index in [4.69, 9.17) is 0 Å². The Morgan fingerprint density at radius 2 is 1.87 bits per heavy atom. The summed E-state index contributed by atoms with van der Waals surface area (Å²) in [6, 6.07) is 5.55. The highest BCUT2D eigenvalue weighted by Gasteiger charge is 2.31. The van der Waals surface area contributed by atoms with Crippen molar-refractivity contribution in [3.8, 4) is 0 Å². The number of likely N-dealkylation sites (tertiary alicyclic amines) is 1. The van der Waals surface area contributed by atoms with Gasteiger partial charge in [-0.15, -0.1) is 0 Å². The molecule has 162 valence electrons. The Balaban J connectivity index is 1.54. The predicted octanol–water partition coefficient (Wildman–Crippen LogP) is 1.11. The molecule has 2 fully saturated rings. The smallest absolute Gasteiger partial charge is 0.320 e. The molecule has 3 heterocycles. The fourth-order valence-electron chi connectivity index (χ4n) is 4.83. The van der Waals surface area contributed by atoms with Crippen molar-refractivity contribution in [3.05, 3.63) is 34.2 Å². The van der Waals surface area contributed by atoms with E-state index in [1.807, 2.05) is 13.1 Å². The van der Waals surface area contributed by atoms with Gasteiger partial charge in [0.15, 0.2) is 0 Å². The number of imidazole rings is 1. The van der Waals surface area contributed by atoms with Gasteiger partial charge in [0.25, 0.3) is 0 Å². The molecule has 0 saturated carbocycles. The van der Waals surface area contributed by atoms with Gasteiger partial charge in [-0.05, 0) is 82.5 Å². The zero-order chi connectivity index (χ0) is 21.3. The van der Waals surface area contributed by atoms with Gasteiger partial charge < -0.3 is 10.2 Å². The number of imide groups is 1. The van der Waals surface area contributed by atoms with E-state index in [0.29, 0.717) is 12.3 Å². The minimum Gasteiger partial charge on any atom is -0.320 e. The lowest BCUT2D eigenvalue weighted by atomic mass is 9.89. The maximum atomic E-state index is 12.9. The van der Waals surface area contributed by atoms with Crippen molar-refractivity contribution in [1.29, 1.82) is 0 Å². The summed E-state index contributed by atoms with van der Waals surface area (Å²) in [7, 11) is 3.74. The molecule has 0 aliphatic carbocycles. The van der Waals surface area contributed by atoms with Gasteiger partial charge in [-0.1, -0.05) is 6.07 Å². The molecule has 0 radical (unpaired) electrons. The van der Waals surface area contributed by atoms with Crippen molar-refractivity contribution < 1.29 is 9.59 Å². The van der Waals surface area contributed by atoms with Crippen molar-refractivity contribution in [2.45, 2.75) is 44.1 Å². The van der Waals surface area contributed by atoms with Crippen LogP contribution in [0.5, 0.6) is 0 Å². The number of aryl methyl sites for hydroxylation is 1. The summed E-state index contributed by atoms with van der Waals surface area (Å²) in [6.45, 7) is 4.38. The molecule has 1 aromatic heterocycles. The summed E-state index contributed by atoms with van der Waals surface area (Å²) in [5.74, 6) is -0.177. The van der Waals surface area contributed by atoms with Crippen LogP contribution in [0.3, 0.4) is 0 Å². The number of aromatic nitrogens is 2. The summed E-state index contributed by atoms with van der Waals surface area (Å²) in [4.78, 5) is 39.3. The van der Waals surface area contributed by atoms with E-state index in [0.717, 1.165) is 50.1 Å². The Hall–Kier alpha value is -2.45. The minimum absolute atomic E-state index is 0.212. The van der Waals surface area contributed by atoms with Crippen LogP contribution in [0.1, 0.15) is 49.6 Å². The van der Waals surface area contributed by atoms with Gasteiger partial charge in [0.05, 0.1) is 11.0 Å². The molecule has 30 heavy (non-hydrogen) atoms. The van der Waals surface area contributed by atoms with Crippen LogP contribution >= 0.6 is 0 Å². The molecule has 1 aromatic carbocycles. The van der Waals surface area contributed by atoms with Crippen molar-refractivity contribution >= 4 is 22.8 Å². The predicted molar refractivity (Wildman–Crippen MR) is 116 cm³/mol. The Labute approximate surface area is 176 Å². The number of amides is 2. The summed E-state index contributed by atoms with van der Waals surface area (Å²) in [5.41, 5.74) is 2.65. The first-order chi connectivity index (χ1) is 14.5. The van der Waals surface area contributed by atoms with E-state index in [2.05, 4.69) is 27.7 Å². The second-order valence-electron chi connectivity index (χ2n) is 8.50. The quantitative estimate of drug-likeness (QED) is 0.547. The van der Waals surface area contributed by atoms with E-state index < -0.39 is 11.9 Å². The monoisotopic (exact) mass is 413 g/mol. The lowest BCUT2D eigenvalue weighted by molar-refractivity contribution is -0.135. The van der Waals surface area contributed by atoms with Crippen LogP contribution in [0.15, 0.2) is 23.0 Å². The molecule has 4 rings (SSSR count). The number of hydrogen-bond donors (Lipinski definition) is 2. The number of nitrogens with zero attached hydrogens (tertiary/aromatic N) is 3. The van der Waals surface area contributed by atoms with Crippen LogP contribution in [0.2, 0.25) is 0 Å². The molecule has 2 aliphatic heterocycles. The first-order valence-electron chi connectivity index (χ1n) is 10.9. The first kappa shape index (κ1) is 20.8. The van der Waals surface area contributed by atoms with Crippen molar-refractivity contribution in [2.24, 2.45) is 7.05 Å². The zero-order valence-electron chi connectivity index (χ0n) is 17.8. The molecule has 2 aliphatic rings. The summed E-state index contributed by atoms with van der Waals surface area (Å²) in [5, 5.41) is 5.56.